The Kier molecular flexibility index (Phi) is 4.18. The van der Waals surface area contributed by atoms with Gasteiger partial charge in [0.05, 0.1) is 10.6 Å². The predicted molar refractivity (Wildman–Crippen MR) is 82.1 cm³/mol. The van der Waals surface area contributed by atoms with Crippen LogP contribution in [0.4, 0.5) is 17.2 Å². The van der Waals surface area contributed by atoms with E-state index in [1.165, 1.54) is 24.4 Å². The van der Waals surface area contributed by atoms with Crippen LogP contribution in [0.2, 0.25) is 0 Å². The lowest BCUT2D eigenvalue weighted by Gasteiger charge is -2.09. The summed E-state index contributed by atoms with van der Waals surface area (Å²) in [6, 6.07) is 5.81. The van der Waals surface area contributed by atoms with Crippen LogP contribution in [-0.2, 0) is 0 Å². The van der Waals surface area contributed by atoms with Crippen molar-refractivity contribution in [2.45, 2.75) is 6.92 Å². The Balaban J connectivity index is 2.33. The number of aryl methyl sites for hydroxylation is 1. The number of nitrogens with one attached hydrogen (secondary N) is 1. The van der Waals surface area contributed by atoms with Crippen LogP contribution in [0.5, 0.6) is 0 Å². The van der Waals surface area contributed by atoms with E-state index in [-0.39, 0.29) is 11.5 Å². The smallest absolute Gasteiger partial charge is 0.274 e. The molecule has 0 aliphatic carbocycles. The molecule has 8 heteroatoms. The Bertz CT molecular complexity index is 733. The van der Waals surface area contributed by atoms with Crippen molar-refractivity contribution in [3.8, 4) is 0 Å². The summed E-state index contributed by atoms with van der Waals surface area (Å²) >= 11 is 3.27. The molecule has 0 atom stereocenters. The summed E-state index contributed by atoms with van der Waals surface area (Å²) in [5.41, 5.74) is 6.57. The molecular weight excluding hydrogens is 340 g/mol. The van der Waals surface area contributed by atoms with Gasteiger partial charge in [0.2, 0.25) is 0 Å². The van der Waals surface area contributed by atoms with Gasteiger partial charge in [0.25, 0.3) is 11.6 Å². The van der Waals surface area contributed by atoms with E-state index in [0.29, 0.717) is 21.3 Å². The van der Waals surface area contributed by atoms with Crippen LogP contribution in [0, 0.1) is 17.0 Å². The second kappa shape index (κ2) is 5.88. The average Bonchev–Trinajstić information content (AvgIpc) is 2.41. The number of carbonyl (C=O) groups excluding carboxylic acids is 1. The first-order valence-corrected chi connectivity index (χ1v) is 6.65. The lowest BCUT2D eigenvalue weighted by molar-refractivity contribution is -0.385. The van der Waals surface area contributed by atoms with E-state index >= 15 is 0 Å². The Morgan fingerprint density at radius 1 is 1.43 bits per heavy atom. The van der Waals surface area contributed by atoms with Crippen LogP contribution in [0.15, 0.2) is 34.9 Å². The van der Waals surface area contributed by atoms with Gasteiger partial charge < -0.3 is 11.1 Å². The number of nitrogen functional groups attached to an aromatic ring is 1. The van der Waals surface area contributed by atoms with E-state index in [4.69, 9.17) is 5.73 Å². The second-order valence-corrected chi connectivity index (χ2v) is 5.15. The Hall–Kier alpha value is -2.48. The van der Waals surface area contributed by atoms with Crippen LogP contribution in [0.1, 0.15) is 15.9 Å². The zero-order chi connectivity index (χ0) is 15.6. The summed E-state index contributed by atoms with van der Waals surface area (Å²) in [6.07, 6.45) is 1.41. The van der Waals surface area contributed by atoms with Crippen molar-refractivity contribution in [1.82, 2.24) is 4.98 Å². The van der Waals surface area contributed by atoms with Gasteiger partial charge in [-0.1, -0.05) is 0 Å². The van der Waals surface area contributed by atoms with Crippen LogP contribution >= 0.6 is 15.9 Å². The third-order valence-corrected chi connectivity index (χ3v) is 3.43. The normalized spacial score (nSPS) is 10.2. The molecule has 0 saturated heterocycles. The number of benzene rings is 1. The highest BCUT2D eigenvalue weighted by Crippen LogP contribution is 2.30. The van der Waals surface area contributed by atoms with Crippen LogP contribution in [-0.4, -0.2) is 15.8 Å². The lowest BCUT2D eigenvalue weighted by atomic mass is 10.1. The molecule has 2 aromatic rings. The molecule has 0 aliphatic rings. The number of nitrogens with zero attached hydrogens (tertiary/aromatic N) is 2. The molecule has 0 fully saturated rings. The van der Waals surface area contributed by atoms with E-state index in [0.717, 1.165) is 0 Å². The zero-order valence-corrected chi connectivity index (χ0v) is 12.5. The first-order chi connectivity index (χ1) is 9.88. The van der Waals surface area contributed by atoms with E-state index < -0.39 is 10.8 Å². The monoisotopic (exact) mass is 350 g/mol. The quantitative estimate of drug-likeness (QED) is 0.652. The van der Waals surface area contributed by atoms with Crippen molar-refractivity contribution in [3.05, 3.63) is 56.2 Å². The highest BCUT2D eigenvalue weighted by atomic mass is 79.9. The molecular formula is C13H11BrN4O3. The SMILES string of the molecule is Cc1cc(Br)c(NC(=O)c2ccnc(N)c2)cc1[N+](=O)[O-]. The standard InChI is InChI=1S/C13H11BrN4O3/c1-7-4-9(14)10(6-11(7)18(20)21)17-13(19)8-2-3-16-12(15)5-8/h2-6H,1H3,(H2,15,16)(H,17,19). The van der Waals surface area contributed by atoms with Gasteiger partial charge in [0.15, 0.2) is 0 Å². The van der Waals surface area contributed by atoms with Crippen molar-refractivity contribution in [2.75, 3.05) is 11.1 Å². The fourth-order valence-corrected chi connectivity index (χ4v) is 2.29. The molecule has 21 heavy (non-hydrogen) atoms. The fraction of sp³-hybridized carbons (Fsp3) is 0.0769. The van der Waals surface area contributed by atoms with Crippen molar-refractivity contribution < 1.29 is 9.72 Å². The number of amides is 1. The van der Waals surface area contributed by atoms with E-state index in [1.54, 1.807) is 13.0 Å². The maximum atomic E-state index is 12.1. The number of aromatic nitrogens is 1. The molecule has 1 amide bonds. The molecule has 0 unspecified atom stereocenters. The molecule has 0 spiro atoms. The van der Waals surface area contributed by atoms with Gasteiger partial charge in [0, 0.05) is 27.9 Å². The molecule has 3 N–H and O–H groups in total. The van der Waals surface area contributed by atoms with E-state index in [9.17, 15) is 14.9 Å². The third-order valence-electron chi connectivity index (χ3n) is 2.77. The summed E-state index contributed by atoms with van der Waals surface area (Å²) in [7, 11) is 0. The first kappa shape index (κ1) is 14.9. The number of pyridine rings is 1. The van der Waals surface area contributed by atoms with Crippen LogP contribution < -0.4 is 11.1 Å². The number of carbonyl (C=O) groups is 1. The van der Waals surface area contributed by atoms with Gasteiger partial charge in [-0.3, -0.25) is 14.9 Å². The third kappa shape index (κ3) is 3.34. The molecule has 1 aromatic carbocycles. The molecule has 0 aliphatic heterocycles. The molecule has 1 aromatic heterocycles. The average molecular weight is 351 g/mol. The minimum atomic E-state index is -0.498. The van der Waals surface area contributed by atoms with Gasteiger partial charge in [-0.05, 0) is 41.1 Å². The predicted octanol–water partition coefficient (Wildman–Crippen LogP) is 2.90. The van der Waals surface area contributed by atoms with Crippen molar-refractivity contribution in [2.24, 2.45) is 0 Å². The number of anilines is 2. The van der Waals surface area contributed by atoms with Crippen molar-refractivity contribution in [1.29, 1.82) is 0 Å². The highest BCUT2D eigenvalue weighted by Gasteiger charge is 2.16. The minimum absolute atomic E-state index is 0.0669. The van der Waals surface area contributed by atoms with E-state index in [2.05, 4.69) is 26.2 Å². The largest absolute Gasteiger partial charge is 0.384 e. The van der Waals surface area contributed by atoms with Gasteiger partial charge in [-0.15, -0.1) is 0 Å². The summed E-state index contributed by atoms with van der Waals surface area (Å²) in [5, 5.41) is 13.5. The lowest BCUT2D eigenvalue weighted by Crippen LogP contribution is -2.13. The van der Waals surface area contributed by atoms with Gasteiger partial charge in [0.1, 0.15) is 5.82 Å². The maximum Gasteiger partial charge on any atom is 0.274 e. The number of nitro groups is 1. The molecule has 1 heterocycles. The molecule has 7 nitrogen and oxygen atoms in total. The number of nitro benzene ring substituents is 1. The molecule has 2 rings (SSSR count). The number of nitrogens with two attached hydrogens (primary N) is 1. The second-order valence-electron chi connectivity index (χ2n) is 4.30. The zero-order valence-electron chi connectivity index (χ0n) is 11.0. The van der Waals surface area contributed by atoms with Gasteiger partial charge in [-0.2, -0.15) is 0 Å². The Morgan fingerprint density at radius 3 is 2.76 bits per heavy atom. The number of halogens is 1. The molecule has 108 valence electrons. The molecule has 0 saturated carbocycles. The number of rotatable bonds is 3. The van der Waals surface area contributed by atoms with E-state index in [1.807, 2.05) is 0 Å². The Labute approximate surface area is 128 Å². The Morgan fingerprint density at radius 2 is 2.14 bits per heavy atom. The van der Waals surface area contributed by atoms with Crippen molar-refractivity contribution in [3.63, 3.8) is 0 Å². The van der Waals surface area contributed by atoms with Crippen LogP contribution in [0.3, 0.4) is 0 Å². The molecule has 0 radical (unpaired) electrons. The fourth-order valence-electron chi connectivity index (χ4n) is 1.74. The summed E-state index contributed by atoms with van der Waals surface area (Å²) in [5.74, 6) is -0.209. The number of hydrogen-bond donors (Lipinski definition) is 2. The maximum absolute atomic E-state index is 12.1. The summed E-state index contributed by atoms with van der Waals surface area (Å²) in [4.78, 5) is 26.3. The van der Waals surface area contributed by atoms with Crippen molar-refractivity contribution >= 4 is 39.0 Å². The van der Waals surface area contributed by atoms with Gasteiger partial charge >= 0.3 is 0 Å². The summed E-state index contributed by atoms with van der Waals surface area (Å²) in [6.45, 7) is 1.62. The minimum Gasteiger partial charge on any atom is -0.384 e. The highest BCUT2D eigenvalue weighted by molar-refractivity contribution is 9.10. The summed E-state index contributed by atoms with van der Waals surface area (Å²) < 4.78 is 0.556. The first-order valence-electron chi connectivity index (χ1n) is 5.86. The van der Waals surface area contributed by atoms with Gasteiger partial charge in [-0.25, -0.2) is 4.98 Å². The van der Waals surface area contributed by atoms with Crippen LogP contribution in [0.25, 0.3) is 0 Å². The number of hydrogen-bond acceptors (Lipinski definition) is 5. The topological polar surface area (TPSA) is 111 Å². The molecule has 0 bridgehead atoms.